The van der Waals surface area contributed by atoms with Gasteiger partial charge in [-0.2, -0.15) is 0 Å². The van der Waals surface area contributed by atoms with Crippen LogP contribution in [-0.4, -0.2) is 113 Å². The molecule has 12 nitrogen and oxygen atoms in total. The van der Waals surface area contributed by atoms with Gasteiger partial charge in [-0.1, -0.05) is 20.8 Å². The lowest BCUT2D eigenvalue weighted by molar-refractivity contribution is -0.301. The number of carbonyl (C=O) groups is 2. The number of ether oxygens (including phenoxy) is 6. The molecule has 2 saturated carbocycles. The molecule has 7 aliphatic rings. The molecule has 7 rings (SSSR count). The normalized spacial score (nSPS) is 51.1. The first kappa shape index (κ1) is 30.0. The van der Waals surface area contributed by atoms with E-state index in [2.05, 4.69) is 20.8 Å². The first-order valence-corrected chi connectivity index (χ1v) is 15.7. The predicted molar refractivity (Wildman–Crippen MR) is 145 cm³/mol. The lowest BCUT2D eigenvalue weighted by Gasteiger charge is -2.61. The molecule has 3 aliphatic carbocycles. The number of fused-ring (bicyclic) bond motifs is 4. The van der Waals surface area contributed by atoms with E-state index in [-0.39, 0.29) is 66.1 Å². The summed E-state index contributed by atoms with van der Waals surface area (Å²) in [7, 11) is 0. The molecular weight excluding hydrogens is 564 g/mol. The average Bonchev–Trinajstić information content (AvgIpc) is 3.87. The van der Waals surface area contributed by atoms with Gasteiger partial charge in [0.2, 0.25) is 0 Å². The number of carbonyl (C=O) groups excluding carboxylic acids is 2. The van der Waals surface area contributed by atoms with E-state index in [0.717, 1.165) is 24.0 Å². The quantitative estimate of drug-likeness (QED) is 0.170. The number of cyclic esters (lactones) is 1. The molecule has 43 heavy (non-hydrogen) atoms. The second-order valence-corrected chi connectivity index (χ2v) is 14.4. The molecule has 0 amide bonds. The number of aliphatic hydroxyl groups is 4. The van der Waals surface area contributed by atoms with Crippen LogP contribution < -0.4 is 0 Å². The van der Waals surface area contributed by atoms with Gasteiger partial charge < -0.3 is 48.8 Å². The second kappa shape index (κ2) is 9.93. The average molecular weight is 609 g/mol. The minimum Gasteiger partial charge on any atom is -0.459 e. The van der Waals surface area contributed by atoms with E-state index in [1.165, 1.54) is 0 Å². The van der Waals surface area contributed by atoms with E-state index in [9.17, 15) is 30.0 Å². The van der Waals surface area contributed by atoms with Crippen LogP contribution in [0.3, 0.4) is 0 Å². The Kier molecular flexibility index (Phi) is 6.94. The molecule has 1 spiro atoms. The van der Waals surface area contributed by atoms with Crippen molar-refractivity contribution >= 4 is 11.9 Å². The van der Waals surface area contributed by atoms with Gasteiger partial charge in [-0.3, -0.25) is 4.79 Å². The highest BCUT2D eigenvalue weighted by Crippen LogP contribution is 2.82. The van der Waals surface area contributed by atoms with Crippen LogP contribution in [-0.2, 0) is 38.0 Å². The Morgan fingerprint density at radius 1 is 1.14 bits per heavy atom. The van der Waals surface area contributed by atoms with Crippen molar-refractivity contribution in [3.63, 3.8) is 0 Å². The smallest absolute Gasteiger partial charge is 0.334 e. The molecule has 0 aromatic rings. The van der Waals surface area contributed by atoms with Crippen molar-refractivity contribution in [3.8, 4) is 0 Å². The Morgan fingerprint density at radius 2 is 1.91 bits per heavy atom. The van der Waals surface area contributed by atoms with Crippen LogP contribution in [0.2, 0.25) is 0 Å². The van der Waals surface area contributed by atoms with Gasteiger partial charge in [0.25, 0.3) is 0 Å². The maximum atomic E-state index is 13.4. The van der Waals surface area contributed by atoms with Gasteiger partial charge >= 0.3 is 11.9 Å². The van der Waals surface area contributed by atoms with E-state index in [1.54, 1.807) is 0 Å². The number of esters is 2. The molecular formula is C31H44O12. The molecule has 4 heterocycles. The first-order valence-electron chi connectivity index (χ1n) is 15.7. The topological polar surface area (TPSA) is 174 Å². The Balaban J connectivity index is 1.06. The molecule has 0 bridgehead atoms. The Labute approximate surface area is 250 Å². The summed E-state index contributed by atoms with van der Waals surface area (Å²) in [6.45, 7) is 8.83. The highest BCUT2D eigenvalue weighted by molar-refractivity contribution is 5.92. The summed E-state index contributed by atoms with van der Waals surface area (Å²) in [5.41, 5.74) is -0.234. The minimum atomic E-state index is -1.53. The summed E-state index contributed by atoms with van der Waals surface area (Å²) >= 11 is 0. The fraction of sp³-hybridized carbons (Fsp3) is 0.871. The van der Waals surface area contributed by atoms with E-state index < -0.39 is 54.6 Å². The summed E-state index contributed by atoms with van der Waals surface area (Å²) in [6, 6.07) is 0. The zero-order valence-corrected chi connectivity index (χ0v) is 25.2. The van der Waals surface area contributed by atoms with Gasteiger partial charge in [-0.25, -0.2) is 4.79 Å². The molecule has 13 atom stereocenters. The minimum absolute atomic E-state index is 0.00185. The van der Waals surface area contributed by atoms with Crippen molar-refractivity contribution in [1.29, 1.82) is 0 Å². The molecule has 5 unspecified atom stereocenters. The van der Waals surface area contributed by atoms with E-state index >= 15 is 0 Å². The van der Waals surface area contributed by atoms with E-state index in [0.29, 0.717) is 19.6 Å². The number of aliphatic hydroxyl groups excluding tert-OH is 4. The molecule has 4 aliphatic heterocycles. The standard InChI is InChI=1S/C31H44O12/c1-14(2)30-10-17(30)24-31(43-24)28(3)8-7-15-16(12-39-25(15)37)18(28)13-40-29(31,4)27(30)42-20(33)6-5-9-38-26-23(36)22(35)21(34)19(11-32)41-26/h14,17-19,21-24,26-27,32,34-36H,5-13H2,1-4H3/t17-,18-,19?,21?,22?,23?,24-,26?,27-,28-,29+,30+,31+/m0/s1. The number of epoxide rings is 1. The molecule has 12 heteroatoms. The molecule has 5 fully saturated rings. The van der Waals surface area contributed by atoms with Crippen LogP contribution in [0.25, 0.3) is 0 Å². The fourth-order valence-electron chi connectivity index (χ4n) is 9.81. The summed E-state index contributed by atoms with van der Waals surface area (Å²) in [5.74, 6) is -0.114. The highest BCUT2D eigenvalue weighted by Gasteiger charge is 2.92. The molecule has 240 valence electrons. The van der Waals surface area contributed by atoms with E-state index in [4.69, 9.17) is 28.4 Å². The van der Waals surface area contributed by atoms with Crippen molar-refractivity contribution in [2.24, 2.45) is 28.6 Å². The van der Waals surface area contributed by atoms with Crippen LogP contribution >= 0.6 is 0 Å². The largest absolute Gasteiger partial charge is 0.459 e. The zero-order chi connectivity index (χ0) is 30.7. The van der Waals surface area contributed by atoms with Crippen molar-refractivity contribution in [3.05, 3.63) is 11.1 Å². The van der Waals surface area contributed by atoms with Gasteiger partial charge in [-0.15, -0.1) is 0 Å². The summed E-state index contributed by atoms with van der Waals surface area (Å²) in [6.07, 6.45) is -4.68. The van der Waals surface area contributed by atoms with Crippen LogP contribution in [0, 0.1) is 28.6 Å². The predicted octanol–water partition coefficient (Wildman–Crippen LogP) is 0.367. The monoisotopic (exact) mass is 608 g/mol. The van der Waals surface area contributed by atoms with Crippen LogP contribution in [0.4, 0.5) is 0 Å². The van der Waals surface area contributed by atoms with Gasteiger partial charge in [0.05, 0.1) is 25.9 Å². The lowest BCUT2D eigenvalue weighted by Crippen LogP contribution is -2.73. The lowest BCUT2D eigenvalue weighted by atomic mass is 9.49. The molecule has 0 radical (unpaired) electrons. The van der Waals surface area contributed by atoms with Crippen molar-refractivity contribution in [2.45, 2.75) is 114 Å². The number of rotatable bonds is 8. The Bertz CT molecular complexity index is 1220. The van der Waals surface area contributed by atoms with Crippen LogP contribution in [0.1, 0.15) is 59.8 Å². The van der Waals surface area contributed by atoms with Crippen molar-refractivity contribution in [1.82, 2.24) is 0 Å². The molecule has 0 aromatic heterocycles. The maximum absolute atomic E-state index is 13.4. The molecule has 0 aromatic carbocycles. The maximum Gasteiger partial charge on any atom is 0.334 e. The van der Waals surface area contributed by atoms with Gasteiger partial charge in [-0.05, 0) is 50.0 Å². The van der Waals surface area contributed by atoms with Crippen molar-refractivity contribution < 1.29 is 58.4 Å². The summed E-state index contributed by atoms with van der Waals surface area (Å²) in [5, 5.41) is 39.6. The summed E-state index contributed by atoms with van der Waals surface area (Å²) in [4.78, 5) is 25.8. The third-order valence-electron chi connectivity index (χ3n) is 12.3. The second-order valence-electron chi connectivity index (χ2n) is 14.4. The zero-order valence-electron chi connectivity index (χ0n) is 25.2. The SMILES string of the molecule is CC(C)[C@]12C[C@H]1[C@@H]1O[C@@]13[C@@]1(C)CCC4=C(COC4=O)[C@@H]1CO[C@]3(C)[C@@H]2OC(=O)CCCOC1OC(CO)C(O)C(O)C1O. The van der Waals surface area contributed by atoms with Gasteiger partial charge in [0.1, 0.15) is 48.3 Å². The van der Waals surface area contributed by atoms with E-state index in [1.807, 2.05) is 6.92 Å². The molecule has 4 N–H and O–H groups in total. The third kappa shape index (κ3) is 3.84. The number of hydrogen-bond acceptors (Lipinski definition) is 12. The summed E-state index contributed by atoms with van der Waals surface area (Å²) < 4.78 is 36.4. The highest BCUT2D eigenvalue weighted by atomic mass is 16.7. The fourth-order valence-corrected chi connectivity index (χ4v) is 9.81. The number of hydrogen-bond donors (Lipinski definition) is 4. The van der Waals surface area contributed by atoms with Crippen molar-refractivity contribution in [2.75, 3.05) is 26.4 Å². The Hall–Kier alpha value is -1.64. The Morgan fingerprint density at radius 3 is 2.63 bits per heavy atom. The van der Waals surface area contributed by atoms with Crippen LogP contribution in [0.5, 0.6) is 0 Å². The van der Waals surface area contributed by atoms with Crippen LogP contribution in [0.15, 0.2) is 11.1 Å². The van der Waals surface area contributed by atoms with Gasteiger partial charge in [0.15, 0.2) is 6.29 Å². The van der Waals surface area contributed by atoms with Gasteiger partial charge in [0, 0.05) is 28.7 Å². The third-order valence-corrected chi connectivity index (χ3v) is 12.3. The molecule has 3 saturated heterocycles. The first-order chi connectivity index (χ1) is 20.4.